The molecule has 0 radical (unpaired) electrons. The number of halogens is 1. The molecule has 0 fully saturated rings. The van der Waals surface area contributed by atoms with Crippen molar-refractivity contribution in [3.8, 4) is 6.07 Å². The van der Waals surface area contributed by atoms with E-state index in [1.807, 2.05) is 6.07 Å². The minimum Gasteiger partial charge on any atom is -0.452 e. The smallest absolute Gasteiger partial charge is 0.345 e. The summed E-state index contributed by atoms with van der Waals surface area (Å²) in [5.41, 5.74) is -0.193. The maximum atomic E-state index is 12.6. The molecule has 0 N–H and O–H groups in total. The molecule has 2 rings (SSSR count). The quantitative estimate of drug-likeness (QED) is 0.266. The van der Waals surface area contributed by atoms with Gasteiger partial charge in [-0.15, -0.1) is 11.8 Å². The van der Waals surface area contributed by atoms with Crippen LogP contribution in [0.3, 0.4) is 0 Å². The van der Waals surface area contributed by atoms with Crippen LogP contribution in [0.2, 0.25) is 5.02 Å². The van der Waals surface area contributed by atoms with Gasteiger partial charge in [-0.05, 0) is 36.6 Å². The van der Waals surface area contributed by atoms with Crippen molar-refractivity contribution in [3.05, 3.63) is 63.2 Å². The Morgan fingerprint density at radius 1 is 1.31 bits per heavy atom. The van der Waals surface area contributed by atoms with Gasteiger partial charge in [0.2, 0.25) is 0 Å². The summed E-state index contributed by atoms with van der Waals surface area (Å²) < 4.78 is 5.03. The largest absolute Gasteiger partial charge is 0.452 e. The number of anilines is 1. The number of ether oxygens (including phenoxy) is 1. The zero-order valence-electron chi connectivity index (χ0n) is 15.3. The van der Waals surface area contributed by atoms with Crippen molar-refractivity contribution in [3.63, 3.8) is 0 Å². The number of benzene rings is 2. The van der Waals surface area contributed by atoms with Gasteiger partial charge >= 0.3 is 5.97 Å². The van der Waals surface area contributed by atoms with E-state index in [4.69, 9.17) is 21.6 Å². The summed E-state index contributed by atoms with van der Waals surface area (Å²) in [6.07, 6.45) is 1.82. The van der Waals surface area contributed by atoms with Crippen LogP contribution in [0.25, 0.3) is 0 Å². The van der Waals surface area contributed by atoms with Crippen LogP contribution in [-0.2, 0) is 9.53 Å². The van der Waals surface area contributed by atoms with Crippen LogP contribution in [0.4, 0.5) is 11.4 Å². The second kappa shape index (κ2) is 10.5. The topological polar surface area (TPSA) is 114 Å². The first-order valence-corrected chi connectivity index (χ1v) is 9.90. The first-order chi connectivity index (χ1) is 13.9. The molecule has 1 amide bonds. The number of carbonyl (C=O) groups is 2. The summed E-state index contributed by atoms with van der Waals surface area (Å²) in [7, 11) is 0. The summed E-state index contributed by atoms with van der Waals surface area (Å²) >= 11 is 7.27. The highest BCUT2D eigenvalue weighted by Crippen LogP contribution is 2.26. The minimum atomic E-state index is -0.979. The molecule has 0 aliphatic heterocycles. The lowest BCUT2D eigenvalue weighted by Crippen LogP contribution is -2.35. The fourth-order valence-electron chi connectivity index (χ4n) is 2.45. The fourth-order valence-corrected chi connectivity index (χ4v) is 3.08. The van der Waals surface area contributed by atoms with E-state index in [0.29, 0.717) is 15.6 Å². The Bertz CT molecular complexity index is 977. The molecule has 2 aromatic carbocycles. The predicted molar refractivity (Wildman–Crippen MR) is 109 cm³/mol. The molecular formula is C19H16ClN3O5S. The summed E-state index contributed by atoms with van der Waals surface area (Å²) in [5.74, 6) is -1.56. The van der Waals surface area contributed by atoms with Crippen molar-refractivity contribution in [2.24, 2.45) is 0 Å². The molecule has 0 bridgehead atoms. The van der Waals surface area contributed by atoms with E-state index in [9.17, 15) is 19.7 Å². The van der Waals surface area contributed by atoms with Crippen molar-refractivity contribution >= 4 is 46.6 Å². The molecule has 0 saturated heterocycles. The molecule has 0 unspecified atom stereocenters. The van der Waals surface area contributed by atoms with E-state index in [1.54, 1.807) is 30.5 Å². The molecule has 0 aliphatic carbocycles. The Morgan fingerprint density at radius 3 is 2.69 bits per heavy atom. The van der Waals surface area contributed by atoms with Crippen molar-refractivity contribution < 1.29 is 19.2 Å². The molecule has 0 saturated carbocycles. The molecule has 29 heavy (non-hydrogen) atoms. The average molecular weight is 434 g/mol. The number of carbonyl (C=O) groups excluding carboxylic acids is 2. The number of hydrogen-bond donors (Lipinski definition) is 0. The normalized spacial score (nSPS) is 10.1. The van der Waals surface area contributed by atoms with Gasteiger partial charge in [0.15, 0.2) is 6.61 Å². The van der Waals surface area contributed by atoms with Gasteiger partial charge in [0.1, 0.15) is 5.56 Å². The van der Waals surface area contributed by atoms with E-state index in [1.165, 1.54) is 34.9 Å². The van der Waals surface area contributed by atoms with Crippen molar-refractivity contribution in [1.82, 2.24) is 0 Å². The number of nitro groups is 1. The van der Waals surface area contributed by atoms with E-state index >= 15 is 0 Å². The highest BCUT2D eigenvalue weighted by Gasteiger charge is 2.24. The van der Waals surface area contributed by atoms with E-state index in [0.717, 1.165) is 0 Å². The first kappa shape index (κ1) is 22.2. The Balaban J connectivity index is 2.18. The van der Waals surface area contributed by atoms with Gasteiger partial charge in [0.05, 0.1) is 17.4 Å². The molecule has 0 aliphatic rings. The first-order valence-electron chi connectivity index (χ1n) is 8.29. The van der Waals surface area contributed by atoms with Crippen LogP contribution in [-0.4, -0.2) is 36.2 Å². The molecule has 0 heterocycles. The molecule has 8 nitrogen and oxygen atoms in total. The number of nitro benzene ring substituents is 1. The molecule has 150 valence electrons. The molecular weight excluding hydrogens is 418 g/mol. The summed E-state index contributed by atoms with van der Waals surface area (Å²) in [5, 5.41) is 20.4. The number of amides is 1. The maximum absolute atomic E-state index is 12.6. The summed E-state index contributed by atoms with van der Waals surface area (Å²) in [6, 6.07) is 12.5. The van der Waals surface area contributed by atoms with Crippen LogP contribution >= 0.6 is 23.4 Å². The number of hydrogen-bond acceptors (Lipinski definition) is 7. The van der Waals surface area contributed by atoms with E-state index in [-0.39, 0.29) is 18.5 Å². The Morgan fingerprint density at radius 2 is 2.07 bits per heavy atom. The van der Waals surface area contributed by atoms with Gasteiger partial charge in [-0.2, -0.15) is 5.26 Å². The molecule has 0 spiro atoms. The lowest BCUT2D eigenvalue weighted by atomic mass is 10.2. The summed E-state index contributed by atoms with van der Waals surface area (Å²) in [4.78, 5) is 37.4. The van der Waals surface area contributed by atoms with Crippen LogP contribution < -0.4 is 4.90 Å². The third kappa shape index (κ3) is 5.94. The van der Waals surface area contributed by atoms with Gasteiger partial charge in [-0.3, -0.25) is 14.9 Å². The molecule has 2 aromatic rings. The number of nitrogens with zero attached hydrogens (tertiary/aromatic N) is 3. The van der Waals surface area contributed by atoms with Crippen molar-refractivity contribution in [2.45, 2.75) is 11.3 Å². The third-order valence-corrected chi connectivity index (χ3v) is 4.78. The Hall–Kier alpha value is -3.09. The predicted octanol–water partition coefficient (Wildman–Crippen LogP) is 4.07. The number of nitriles is 1. The Kier molecular flexibility index (Phi) is 8.00. The number of thioether (sulfide) groups is 1. The van der Waals surface area contributed by atoms with Gasteiger partial charge in [-0.1, -0.05) is 17.7 Å². The van der Waals surface area contributed by atoms with Crippen molar-refractivity contribution in [1.29, 1.82) is 5.26 Å². The van der Waals surface area contributed by atoms with Gasteiger partial charge < -0.3 is 9.64 Å². The SMILES string of the molecule is CSc1ccc([N+](=O)[O-])c(C(=O)OCC(=O)N(CCC#N)c2cccc(Cl)c2)c1. The monoisotopic (exact) mass is 433 g/mol. The van der Waals surface area contributed by atoms with Crippen LogP contribution in [0.1, 0.15) is 16.8 Å². The lowest BCUT2D eigenvalue weighted by Gasteiger charge is -2.21. The standard InChI is InChI=1S/C19H16ClN3O5S/c1-29-15-6-7-17(23(26)27)16(11-15)19(25)28-12-18(24)22(9-3-8-21)14-5-2-4-13(20)10-14/h2,4-7,10-11H,3,9,12H2,1H3. The Labute approximate surface area is 176 Å². The van der Waals surface area contributed by atoms with Crippen molar-refractivity contribution in [2.75, 3.05) is 24.3 Å². The zero-order valence-corrected chi connectivity index (χ0v) is 16.9. The fraction of sp³-hybridized carbons (Fsp3) is 0.211. The lowest BCUT2D eigenvalue weighted by molar-refractivity contribution is -0.385. The maximum Gasteiger partial charge on any atom is 0.345 e. The zero-order chi connectivity index (χ0) is 21.4. The van der Waals surface area contributed by atoms with Gasteiger partial charge in [0, 0.05) is 28.2 Å². The van der Waals surface area contributed by atoms with E-state index < -0.39 is 29.1 Å². The molecule has 0 aromatic heterocycles. The highest BCUT2D eigenvalue weighted by molar-refractivity contribution is 7.98. The average Bonchev–Trinajstić information content (AvgIpc) is 2.71. The second-order valence-electron chi connectivity index (χ2n) is 5.65. The highest BCUT2D eigenvalue weighted by atomic mass is 35.5. The summed E-state index contributed by atoms with van der Waals surface area (Å²) in [6.45, 7) is -0.563. The molecule has 10 heteroatoms. The molecule has 0 atom stereocenters. The van der Waals surface area contributed by atoms with E-state index in [2.05, 4.69) is 0 Å². The van der Waals surface area contributed by atoms with Crippen LogP contribution in [0.5, 0.6) is 0 Å². The minimum absolute atomic E-state index is 0.0629. The van der Waals surface area contributed by atoms with Gasteiger partial charge in [0.25, 0.3) is 11.6 Å². The number of rotatable bonds is 8. The van der Waals surface area contributed by atoms with Crippen LogP contribution in [0.15, 0.2) is 47.4 Å². The second-order valence-corrected chi connectivity index (χ2v) is 6.97. The van der Waals surface area contributed by atoms with Gasteiger partial charge in [-0.25, -0.2) is 4.79 Å². The van der Waals surface area contributed by atoms with Crippen LogP contribution in [0, 0.1) is 21.4 Å². The third-order valence-electron chi connectivity index (χ3n) is 3.82. The number of esters is 1.